The SMILES string of the molecule is Clc1ncnc2c1ncn2[C@H]1CC[C@@H](COC(c2ccccc2)(c2ccccc2)c2ccccc2)O1. The number of imidazole rings is 1. The predicted octanol–water partition coefficient (Wildman–Crippen LogP) is 6.17. The third-order valence-corrected chi connectivity index (χ3v) is 7.01. The van der Waals surface area contributed by atoms with Crippen molar-refractivity contribution in [3.05, 3.63) is 125 Å². The summed E-state index contributed by atoms with van der Waals surface area (Å²) in [4.78, 5) is 12.8. The van der Waals surface area contributed by atoms with Crippen molar-refractivity contribution in [3.63, 3.8) is 0 Å². The van der Waals surface area contributed by atoms with Crippen LogP contribution in [0.15, 0.2) is 104 Å². The van der Waals surface area contributed by atoms with Crippen molar-refractivity contribution < 1.29 is 9.47 Å². The Hall–Kier alpha value is -3.58. The maximum Gasteiger partial charge on any atom is 0.166 e. The fourth-order valence-electron chi connectivity index (χ4n) is 5.03. The number of fused-ring (bicyclic) bond motifs is 1. The van der Waals surface area contributed by atoms with E-state index in [0.717, 1.165) is 29.5 Å². The van der Waals surface area contributed by atoms with Gasteiger partial charge in [0.1, 0.15) is 23.7 Å². The van der Waals surface area contributed by atoms with E-state index >= 15 is 0 Å². The maximum absolute atomic E-state index is 6.95. The summed E-state index contributed by atoms with van der Waals surface area (Å²) in [5.41, 5.74) is 3.71. The van der Waals surface area contributed by atoms with Crippen molar-refractivity contribution in [1.29, 1.82) is 0 Å². The van der Waals surface area contributed by atoms with Crippen LogP contribution < -0.4 is 0 Å². The van der Waals surface area contributed by atoms with Gasteiger partial charge in [0, 0.05) is 0 Å². The average Bonchev–Trinajstić information content (AvgIpc) is 3.59. The van der Waals surface area contributed by atoms with Crippen LogP contribution in [0.4, 0.5) is 0 Å². The first-order valence-electron chi connectivity index (χ1n) is 12.0. The molecule has 1 aliphatic heterocycles. The summed E-state index contributed by atoms with van der Waals surface area (Å²) in [5, 5.41) is 0.343. The van der Waals surface area contributed by atoms with Gasteiger partial charge in [0.25, 0.3) is 0 Å². The first-order valence-corrected chi connectivity index (χ1v) is 12.4. The minimum atomic E-state index is -0.770. The number of benzene rings is 3. The van der Waals surface area contributed by atoms with E-state index in [2.05, 4.69) is 87.7 Å². The lowest BCUT2D eigenvalue weighted by atomic mass is 9.80. The van der Waals surface area contributed by atoms with Gasteiger partial charge in [0.15, 0.2) is 10.8 Å². The van der Waals surface area contributed by atoms with Crippen molar-refractivity contribution >= 4 is 22.8 Å². The molecule has 7 heteroatoms. The van der Waals surface area contributed by atoms with Crippen LogP contribution in [0.2, 0.25) is 5.15 Å². The molecule has 3 heterocycles. The Balaban J connectivity index is 1.32. The van der Waals surface area contributed by atoms with Gasteiger partial charge in [-0.1, -0.05) is 103 Å². The number of rotatable bonds is 7. The molecule has 0 amide bonds. The van der Waals surface area contributed by atoms with E-state index in [1.807, 2.05) is 22.8 Å². The van der Waals surface area contributed by atoms with Crippen LogP contribution in [-0.2, 0) is 15.1 Å². The first kappa shape index (κ1) is 22.9. The third kappa shape index (κ3) is 4.07. The molecule has 180 valence electrons. The lowest BCUT2D eigenvalue weighted by Gasteiger charge is -2.36. The lowest BCUT2D eigenvalue weighted by Crippen LogP contribution is -2.35. The van der Waals surface area contributed by atoms with Gasteiger partial charge < -0.3 is 9.47 Å². The summed E-state index contributed by atoms with van der Waals surface area (Å²) in [6.45, 7) is 0.428. The number of hydrogen-bond acceptors (Lipinski definition) is 5. The van der Waals surface area contributed by atoms with E-state index in [9.17, 15) is 0 Å². The largest absolute Gasteiger partial charge is 0.358 e. The van der Waals surface area contributed by atoms with Gasteiger partial charge in [-0.3, -0.25) is 4.57 Å². The monoisotopic (exact) mass is 496 g/mol. The zero-order valence-corrected chi connectivity index (χ0v) is 20.3. The molecule has 6 nitrogen and oxygen atoms in total. The predicted molar refractivity (Wildman–Crippen MR) is 139 cm³/mol. The van der Waals surface area contributed by atoms with Crippen molar-refractivity contribution in [1.82, 2.24) is 19.5 Å². The molecule has 6 rings (SSSR count). The molecule has 0 unspecified atom stereocenters. The molecule has 0 spiro atoms. The van der Waals surface area contributed by atoms with Gasteiger partial charge >= 0.3 is 0 Å². The zero-order chi connectivity index (χ0) is 24.4. The Morgan fingerprint density at radius 1 is 0.806 bits per heavy atom. The van der Waals surface area contributed by atoms with Crippen LogP contribution >= 0.6 is 11.6 Å². The second-order valence-electron chi connectivity index (χ2n) is 8.87. The number of nitrogens with zero attached hydrogens (tertiary/aromatic N) is 4. The molecule has 1 saturated heterocycles. The maximum atomic E-state index is 6.95. The van der Waals surface area contributed by atoms with E-state index in [1.54, 1.807) is 6.33 Å². The Labute approximate surface area is 214 Å². The molecular formula is C29H25ClN4O2. The van der Waals surface area contributed by atoms with Gasteiger partial charge in [0.2, 0.25) is 0 Å². The molecule has 5 aromatic rings. The Morgan fingerprint density at radius 3 is 1.97 bits per heavy atom. The molecule has 3 aromatic carbocycles. The van der Waals surface area contributed by atoms with Crippen molar-refractivity contribution in [2.45, 2.75) is 30.8 Å². The summed E-state index contributed by atoms with van der Waals surface area (Å²) in [6.07, 6.45) is 4.59. The van der Waals surface area contributed by atoms with Crippen molar-refractivity contribution in [3.8, 4) is 0 Å². The second kappa shape index (κ2) is 9.82. The zero-order valence-electron chi connectivity index (χ0n) is 19.6. The van der Waals surface area contributed by atoms with Crippen LogP contribution in [-0.4, -0.2) is 32.2 Å². The van der Waals surface area contributed by atoms with Crippen LogP contribution in [0, 0.1) is 0 Å². The van der Waals surface area contributed by atoms with E-state index in [-0.39, 0.29) is 12.3 Å². The molecule has 0 saturated carbocycles. The molecule has 36 heavy (non-hydrogen) atoms. The lowest BCUT2D eigenvalue weighted by molar-refractivity contribution is -0.0756. The van der Waals surface area contributed by atoms with Gasteiger partial charge in [-0.25, -0.2) is 15.0 Å². The molecular weight excluding hydrogens is 472 g/mol. The Kier molecular flexibility index (Phi) is 6.23. The standard InChI is InChI=1S/C29H25ClN4O2/c30-27-26-28(32-19-31-27)34(20-33-26)25-17-16-24(36-25)18-35-29(21-10-4-1-5-11-21,22-12-6-2-7-13-22)23-14-8-3-9-15-23/h1-15,19-20,24-25H,16-18H2/t24-,25+/m0/s1. The molecule has 0 bridgehead atoms. The highest BCUT2D eigenvalue weighted by Gasteiger charge is 2.39. The summed E-state index contributed by atoms with van der Waals surface area (Å²) in [7, 11) is 0. The fraction of sp³-hybridized carbons (Fsp3) is 0.207. The number of hydrogen-bond donors (Lipinski definition) is 0. The molecule has 1 aliphatic rings. The molecule has 0 radical (unpaired) electrons. The summed E-state index contributed by atoms with van der Waals surface area (Å²) in [6, 6.07) is 31.2. The Morgan fingerprint density at radius 2 is 1.39 bits per heavy atom. The van der Waals surface area contributed by atoms with Gasteiger partial charge in [-0.05, 0) is 29.5 Å². The topological polar surface area (TPSA) is 62.1 Å². The highest BCUT2D eigenvalue weighted by molar-refractivity contribution is 6.33. The van der Waals surface area contributed by atoms with Crippen molar-refractivity contribution in [2.24, 2.45) is 0 Å². The van der Waals surface area contributed by atoms with Crippen molar-refractivity contribution in [2.75, 3.05) is 6.61 Å². The van der Waals surface area contributed by atoms with Gasteiger partial charge in [0.05, 0.1) is 19.0 Å². The van der Waals surface area contributed by atoms with Crippen LogP contribution in [0.5, 0.6) is 0 Å². The van der Waals surface area contributed by atoms with E-state index in [4.69, 9.17) is 21.1 Å². The minimum Gasteiger partial charge on any atom is -0.358 e. The number of aromatic nitrogens is 4. The van der Waals surface area contributed by atoms with E-state index in [1.165, 1.54) is 6.33 Å². The Bertz CT molecular complexity index is 1350. The fourth-order valence-corrected chi connectivity index (χ4v) is 5.21. The summed E-state index contributed by atoms with van der Waals surface area (Å²) >= 11 is 6.19. The normalized spacial score (nSPS) is 18.0. The summed E-state index contributed by atoms with van der Waals surface area (Å²) in [5.74, 6) is 0. The molecule has 2 aromatic heterocycles. The highest BCUT2D eigenvalue weighted by Crippen LogP contribution is 2.41. The van der Waals surface area contributed by atoms with E-state index < -0.39 is 5.60 Å². The average molecular weight is 497 g/mol. The molecule has 0 aliphatic carbocycles. The first-order chi connectivity index (χ1) is 17.8. The van der Waals surface area contributed by atoms with E-state index in [0.29, 0.717) is 22.9 Å². The number of ether oxygens (including phenoxy) is 2. The van der Waals surface area contributed by atoms with Crippen LogP contribution in [0.25, 0.3) is 11.2 Å². The smallest absolute Gasteiger partial charge is 0.166 e. The minimum absolute atomic E-state index is 0.0831. The third-order valence-electron chi connectivity index (χ3n) is 6.74. The van der Waals surface area contributed by atoms with Crippen LogP contribution in [0.1, 0.15) is 35.8 Å². The molecule has 0 N–H and O–H groups in total. The van der Waals surface area contributed by atoms with Gasteiger partial charge in [-0.15, -0.1) is 0 Å². The number of halogens is 1. The quantitative estimate of drug-likeness (QED) is 0.199. The second-order valence-corrected chi connectivity index (χ2v) is 9.23. The molecule has 2 atom stereocenters. The summed E-state index contributed by atoms with van der Waals surface area (Å²) < 4.78 is 15.3. The highest BCUT2D eigenvalue weighted by atomic mass is 35.5. The van der Waals surface area contributed by atoms with Crippen LogP contribution in [0.3, 0.4) is 0 Å². The molecule has 1 fully saturated rings. The van der Waals surface area contributed by atoms with Gasteiger partial charge in [-0.2, -0.15) is 0 Å².